The van der Waals surface area contributed by atoms with Gasteiger partial charge in [0.1, 0.15) is 5.75 Å². The molecule has 0 aliphatic heterocycles. The Bertz CT molecular complexity index is 440. The molecule has 0 unspecified atom stereocenters. The zero-order valence-corrected chi connectivity index (χ0v) is 9.93. The van der Waals surface area contributed by atoms with Gasteiger partial charge in [0.15, 0.2) is 19.0 Å². The quantitative estimate of drug-likeness (QED) is 0.857. The van der Waals surface area contributed by atoms with E-state index in [2.05, 4.69) is 10.3 Å². The van der Waals surface area contributed by atoms with Crippen LogP contribution in [0.5, 0.6) is 5.75 Å². The number of aromatic nitrogens is 1. The van der Waals surface area contributed by atoms with Crippen LogP contribution in [0.25, 0.3) is 0 Å². The summed E-state index contributed by atoms with van der Waals surface area (Å²) in [6.45, 7) is 0.523. The summed E-state index contributed by atoms with van der Waals surface area (Å²) >= 11 is 0. The molecule has 1 aromatic carbocycles. The summed E-state index contributed by atoms with van der Waals surface area (Å²) in [7, 11) is 0. The second-order valence-electron chi connectivity index (χ2n) is 3.79. The number of hydrogen-bond donors (Lipinski definition) is 1. The predicted molar refractivity (Wildman–Crippen MR) is 66.8 cm³/mol. The highest BCUT2D eigenvalue weighted by Crippen LogP contribution is 2.07. The summed E-state index contributed by atoms with van der Waals surface area (Å²) < 4.78 is 5.34. The van der Waals surface area contributed by atoms with Crippen molar-refractivity contribution in [2.75, 3.05) is 6.61 Å². The van der Waals surface area contributed by atoms with Gasteiger partial charge < -0.3 is 10.1 Å². The molecule has 0 radical (unpaired) electrons. The fourth-order valence-corrected chi connectivity index (χ4v) is 1.46. The van der Waals surface area contributed by atoms with Crippen molar-refractivity contribution in [2.45, 2.75) is 6.54 Å². The maximum atomic E-state index is 11.5. The van der Waals surface area contributed by atoms with Gasteiger partial charge in [-0.1, -0.05) is 18.2 Å². The van der Waals surface area contributed by atoms with Crippen molar-refractivity contribution in [3.8, 4) is 5.75 Å². The first kappa shape index (κ1) is 12.1. The molecule has 0 spiro atoms. The lowest BCUT2D eigenvalue weighted by Crippen LogP contribution is -2.28. The largest absolute Gasteiger partial charge is 0.484 e. The highest BCUT2D eigenvalue weighted by molar-refractivity contribution is 5.77. The highest BCUT2D eigenvalue weighted by atomic mass is 16.5. The minimum Gasteiger partial charge on any atom is -0.484 e. The van der Waals surface area contributed by atoms with Crippen molar-refractivity contribution >= 4 is 5.91 Å². The van der Waals surface area contributed by atoms with Crippen LogP contribution in [-0.2, 0) is 11.3 Å². The third-order valence-corrected chi connectivity index (χ3v) is 2.37. The Morgan fingerprint density at radius 1 is 1.17 bits per heavy atom. The molecule has 0 aliphatic rings. The third-order valence-electron chi connectivity index (χ3n) is 2.37. The maximum absolute atomic E-state index is 11.5. The minimum atomic E-state index is -0.136. The lowest BCUT2D eigenvalue weighted by atomic mass is 10.3. The number of carbonyl (C=O) groups is 1. The molecule has 4 heteroatoms. The van der Waals surface area contributed by atoms with Crippen LogP contribution in [-0.4, -0.2) is 12.5 Å². The number of pyridine rings is 1. The Kier molecular flexibility index (Phi) is 4.30. The lowest BCUT2D eigenvalue weighted by Gasteiger charge is -2.06. The molecule has 0 fully saturated rings. The summed E-state index contributed by atoms with van der Waals surface area (Å²) in [5, 5.41) is 2.79. The zero-order valence-electron chi connectivity index (χ0n) is 9.93. The average molecular weight is 243 g/mol. The molecule has 1 amide bonds. The van der Waals surface area contributed by atoms with Crippen molar-refractivity contribution < 1.29 is 14.5 Å². The number of H-pyrrole nitrogens is 1. The summed E-state index contributed by atoms with van der Waals surface area (Å²) in [4.78, 5) is 14.5. The number of amides is 1. The predicted octanol–water partition coefficient (Wildman–Crippen LogP) is 1.20. The first-order chi connectivity index (χ1) is 8.84. The molecule has 92 valence electrons. The van der Waals surface area contributed by atoms with Gasteiger partial charge in [-0.05, 0) is 18.2 Å². The smallest absolute Gasteiger partial charge is 0.258 e. The molecule has 0 saturated heterocycles. The Morgan fingerprint density at radius 2 is 2.00 bits per heavy atom. The normalized spacial score (nSPS) is 9.78. The van der Waals surface area contributed by atoms with Crippen LogP contribution >= 0.6 is 0 Å². The van der Waals surface area contributed by atoms with Gasteiger partial charge in [0.2, 0.25) is 0 Å². The van der Waals surface area contributed by atoms with Gasteiger partial charge in [0.25, 0.3) is 5.91 Å². The van der Waals surface area contributed by atoms with E-state index in [0.29, 0.717) is 12.3 Å². The number of rotatable bonds is 5. The first-order valence-electron chi connectivity index (χ1n) is 5.74. The van der Waals surface area contributed by atoms with Gasteiger partial charge >= 0.3 is 0 Å². The molecular formula is C14H15N2O2+. The number of ether oxygens (including phenoxy) is 1. The standard InChI is InChI=1S/C14H14N2O2/c17-14(11-18-13-6-2-1-3-7-13)16-10-12-5-4-8-15-9-12/h1-9H,10-11H2,(H,16,17)/p+1. The van der Waals surface area contributed by atoms with Crippen molar-refractivity contribution in [3.63, 3.8) is 0 Å². The third kappa shape index (κ3) is 3.90. The maximum Gasteiger partial charge on any atom is 0.258 e. The van der Waals surface area contributed by atoms with E-state index in [0.717, 1.165) is 5.56 Å². The number of carbonyl (C=O) groups excluding carboxylic acids is 1. The Morgan fingerprint density at radius 3 is 2.72 bits per heavy atom. The van der Waals surface area contributed by atoms with Crippen LogP contribution in [0.1, 0.15) is 5.56 Å². The monoisotopic (exact) mass is 243 g/mol. The van der Waals surface area contributed by atoms with Crippen LogP contribution < -0.4 is 15.0 Å². The number of benzene rings is 1. The molecule has 0 bridgehead atoms. The van der Waals surface area contributed by atoms with Gasteiger partial charge in [0.05, 0.1) is 0 Å². The molecule has 0 atom stereocenters. The summed E-state index contributed by atoms with van der Waals surface area (Å²) in [5.74, 6) is 0.559. The number of para-hydroxylation sites is 1. The van der Waals surface area contributed by atoms with Gasteiger partial charge in [-0.15, -0.1) is 0 Å². The molecule has 2 aromatic rings. The van der Waals surface area contributed by atoms with E-state index in [4.69, 9.17) is 4.74 Å². The lowest BCUT2D eigenvalue weighted by molar-refractivity contribution is -0.378. The van der Waals surface area contributed by atoms with Crippen LogP contribution in [0, 0.1) is 0 Å². The fourth-order valence-electron chi connectivity index (χ4n) is 1.46. The van der Waals surface area contributed by atoms with E-state index in [9.17, 15) is 4.79 Å². The van der Waals surface area contributed by atoms with Crippen LogP contribution in [0.4, 0.5) is 0 Å². The molecule has 4 nitrogen and oxygen atoms in total. The SMILES string of the molecule is O=C(COc1ccccc1)NCc1ccc[nH+]c1. The van der Waals surface area contributed by atoms with Crippen LogP contribution in [0.15, 0.2) is 54.9 Å². The zero-order chi connectivity index (χ0) is 12.6. The van der Waals surface area contributed by atoms with Gasteiger partial charge in [-0.25, -0.2) is 4.98 Å². The fraction of sp³-hybridized carbons (Fsp3) is 0.143. The molecule has 2 N–H and O–H groups in total. The summed E-state index contributed by atoms with van der Waals surface area (Å²) in [6, 6.07) is 13.1. The summed E-state index contributed by atoms with van der Waals surface area (Å²) in [5.41, 5.74) is 1.02. The molecule has 2 rings (SSSR count). The molecular weight excluding hydrogens is 228 g/mol. The van der Waals surface area contributed by atoms with Gasteiger partial charge in [0, 0.05) is 18.2 Å². The van der Waals surface area contributed by atoms with Crippen LogP contribution in [0.2, 0.25) is 0 Å². The van der Waals surface area contributed by atoms with E-state index < -0.39 is 0 Å². The Hall–Kier alpha value is -2.36. The Balaban J connectivity index is 1.73. The minimum absolute atomic E-state index is 0.0283. The van der Waals surface area contributed by atoms with Gasteiger partial charge in [-0.2, -0.15) is 0 Å². The molecule has 0 saturated carbocycles. The Labute approximate surface area is 106 Å². The number of aromatic amines is 1. The van der Waals surface area contributed by atoms with Crippen molar-refractivity contribution in [2.24, 2.45) is 0 Å². The van der Waals surface area contributed by atoms with Crippen LogP contribution in [0.3, 0.4) is 0 Å². The average Bonchev–Trinajstić information content (AvgIpc) is 2.45. The number of hydrogen-bond acceptors (Lipinski definition) is 2. The highest BCUT2D eigenvalue weighted by Gasteiger charge is 2.03. The molecule has 1 aromatic heterocycles. The van der Waals surface area contributed by atoms with E-state index >= 15 is 0 Å². The first-order valence-corrected chi connectivity index (χ1v) is 5.74. The second-order valence-corrected chi connectivity index (χ2v) is 3.79. The van der Waals surface area contributed by atoms with E-state index in [1.54, 1.807) is 0 Å². The van der Waals surface area contributed by atoms with Crippen molar-refractivity contribution in [1.82, 2.24) is 5.32 Å². The molecule has 1 heterocycles. The van der Waals surface area contributed by atoms with Crippen molar-refractivity contribution in [3.05, 3.63) is 60.4 Å². The van der Waals surface area contributed by atoms with E-state index in [1.165, 1.54) is 0 Å². The molecule has 18 heavy (non-hydrogen) atoms. The van der Waals surface area contributed by atoms with Crippen molar-refractivity contribution in [1.29, 1.82) is 0 Å². The van der Waals surface area contributed by atoms with Gasteiger partial charge in [-0.3, -0.25) is 4.79 Å². The molecule has 0 aliphatic carbocycles. The second kappa shape index (κ2) is 6.39. The van der Waals surface area contributed by atoms with E-state index in [-0.39, 0.29) is 12.5 Å². The topological polar surface area (TPSA) is 52.5 Å². The number of nitrogens with one attached hydrogen (secondary N) is 2. The van der Waals surface area contributed by atoms with E-state index in [1.807, 2.05) is 54.9 Å². The summed E-state index contributed by atoms with van der Waals surface area (Å²) in [6.07, 6.45) is 3.67.